The van der Waals surface area contributed by atoms with Gasteiger partial charge in [0.05, 0.1) is 5.03 Å². The lowest BCUT2D eigenvalue weighted by molar-refractivity contribution is 0.0687. The Morgan fingerprint density at radius 1 is 1.71 bits per heavy atom. The van der Waals surface area contributed by atoms with E-state index in [9.17, 15) is 4.79 Å². The molecule has 0 aliphatic rings. The van der Waals surface area contributed by atoms with E-state index in [-0.39, 0.29) is 16.5 Å². The van der Waals surface area contributed by atoms with Gasteiger partial charge in [0.1, 0.15) is 10.4 Å². The third kappa shape index (κ3) is 3.21. The molecule has 0 amide bonds. The third-order valence-electron chi connectivity index (χ3n) is 1.75. The molecule has 5 nitrogen and oxygen atoms in total. The number of aromatic carboxylic acids is 1. The zero-order valence-corrected chi connectivity index (χ0v) is 10.9. The third-order valence-corrected chi connectivity index (χ3v) is 2.46. The Kier molecular flexibility index (Phi) is 4.53. The Hall–Kier alpha value is -1.53. The Morgan fingerprint density at radius 2 is 2.35 bits per heavy atom. The van der Waals surface area contributed by atoms with Gasteiger partial charge in [0.25, 0.3) is 0 Å². The summed E-state index contributed by atoms with van der Waals surface area (Å²) in [5.41, 5.74) is 5.63. The lowest BCUT2D eigenvalue weighted by Crippen LogP contribution is -2.15. The zero-order valence-electron chi connectivity index (χ0n) is 8.60. The second-order valence-corrected chi connectivity index (χ2v) is 4.12. The van der Waals surface area contributed by atoms with Crippen LogP contribution in [0.15, 0.2) is 40.5 Å². The number of aromatic nitrogens is 2. The summed E-state index contributed by atoms with van der Waals surface area (Å²) >= 11 is 8.95. The van der Waals surface area contributed by atoms with Crippen LogP contribution in [0.25, 0.3) is 5.82 Å². The minimum Gasteiger partial charge on any atom is -0.477 e. The molecule has 1 heterocycles. The molecule has 0 saturated heterocycles. The van der Waals surface area contributed by atoms with Crippen molar-refractivity contribution in [1.29, 1.82) is 0 Å². The average Bonchev–Trinajstić information content (AvgIpc) is 2.67. The van der Waals surface area contributed by atoms with Crippen molar-refractivity contribution < 1.29 is 9.90 Å². The van der Waals surface area contributed by atoms with Gasteiger partial charge in [0, 0.05) is 6.07 Å². The van der Waals surface area contributed by atoms with Gasteiger partial charge in [-0.25, -0.2) is 9.48 Å². The summed E-state index contributed by atoms with van der Waals surface area (Å²) in [4.78, 5) is 10.9. The smallest absolute Gasteiger partial charge is 0.354 e. The monoisotopic (exact) mass is 317 g/mol. The van der Waals surface area contributed by atoms with Gasteiger partial charge in [0.2, 0.25) is 0 Å². The molecule has 1 rings (SSSR count). The molecule has 3 N–H and O–H groups in total. The van der Waals surface area contributed by atoms with Crippen LogP contribution >= 0.6 is 27.5 Å². The molecule has 0 atom stereocenters. The molecule has 1 aromatic rings. The van der Waals surface area contributed by atoms with Crippen LogP contribution in [-0.2, 0) is 0 Å². The predicted octanol–water partition coefficient (Wildman–Crippen LogP) is 2.41. The summed E-state index contributed by atoms with van der Waals surface area (Å²) in [7, 11) is 0. The van der Waals surface area contributed by atoms with Crippen molar-refractivity contribution in [2.45, 2.75) is 0 Å². The fourth-order valence-corrected chi connectivity index (χ4v) is 1.56. The quantitative estimate of drug-likeness (QED) is 0.835. The van der Waals surface area contributed by atoms with Crippen LogP contribution in [0.5, 0.6) is 0 Å². The Morgan fingerprint density at radius 3 is 2.88 bits per heavy atom. The van der Waals surface area contributed by atoms with Gasteiger partial charge < -0.3 is 10.8 Å². The summed E-state index contributed by atoms with van der Waals surface area (Å²) in [6, 6.07) is 1.33. The normalized spacial score (nSPS) is 12.6. The molecule has 0 saturated carbocycles. The maximum atomic E-state index is 10.9. The number of nitrogens with zero attached hydrogens (tertiary/aromatic N) is 2. The van der Waals surface area contributed by atoms with E-state index < -0.39 is 5.97 Å². The van der Waals surface area contributed by atoms with E-state index in [1.165, 1.54) is 18.2 Å². The predicted molar refractivity (Wildman–Crippen MR) is 69.5 cm³/mol. The van der Waals surface area contributed by atoms with Gasteiger partial charge in [0.15, 0.2) is 5.69 Å². The van der Waals surface area contributed by atoms with E-state index in [0.29, 0.717) is 4.60 Å². The van der Waals surface area contributed by atoms with Crippen molar-refractivity contribution in [3.8, 4) is 0 Å². The number of halogens is 2. The van der Waals surface area contributed by atoms with Crippen molar-refractivity contribution in [2.24, 2.45) is 5.73 Å². The van der Waals surface area contributed by atoms with E-state index in [4.69, 9.17) is 22.4 Å². The highest BCUT2D eigenvalue weighted by Crippen LogP contribution is 2.17. The first-order valence-electron chi connectivity index (χ1n) is 4.41. The van der Waals surface area contributed by atoms with Crippen LogP contribution in [0.3, 0.4) is 0 Å². The van der Waals surface area contributed by atoms with Crippen LogP contribution in [0, 0.1) is 0 Å². The first-order valence-corrected chi connectivity index (χ1v) is 5.58. The van der Waals surface area contributed by atoms with Crippen LogP contribution in [0.1, 0.15) is 10.5 Å². The molecule has 0 aliphatic carbocycles. The SMILES string of the molecule is C=C/C=C\C(Cl)=C(/N)n1nc(Br)cc1C(=O)O. The molecule has 90 valence electrons. The van der Waals surface area contributed by atoms with Crippen molar-refractivity contribution in [1.82, 2.24) is 9.78 Å². The van der Waals surface area contributed by atoms with E-state index >= 15 is 0 Å². The number of carbonyl (C=O) groups is 1. The highest BCUT2D eigenvalue weighted by atomic mass is 79.9. The fraction of sp³-hybridized carbons (Fsp3) is 0. The van der Waals surface area contributed by atoms with E-state index in [2.05, 4.69) is 27.6 Å². The molecule has 1 aromatic heterocycles. The van der Waals surface area contributed by atoms with E-state index in [1.807, 2.05) is 0 Å². The van der Waals surface area contributed by atoms with Gasteiger partial charge in [-0.1, -0.05) is 30.3 Å². The number of hydrogen-bond donors (Lipinski definition) is 2. The Bertz CT molecular complexity index is 520. The van der Waals surface area contributed by atoms with Crippen molar-refractivity contribution in [3.63, 3.8) is 0 Å². The summed E-state index contributed by atoms with van der Waals surface area (Å²) in [5, 5.41) is 13.0. The van der Waals surface area contributed by atoms with Crippen molar-refractivity contribution in [3.05, 3.63) is 46.2 Å². The molecule has 0 aromatic carbocycles. The van der Waals surface area contributed by atoms with Gasteiger partial charge in [-0.05, 0) is 22.0 Å². The second kappa shape index (κ2) is 5.70. The van der Waals surface area contributed by atoms with Gasteiger partial charge in [-0.15, -0.1) is 0 Å². The lowest BCUT2D eigenvalue weighted by Gasteiger charge is -2.05. The Labute approximate surface area is 111 Å². The summed E-state index contributed by atoms with van der Waals surface area (Å²) in [6.07, 6.45) is 4.59. The van der Waals surface area contributed by atoms with Crippen molar-refractivity contribution in [2.75, 3.05) is 0 Å². The first kappa shape index (κ1) is 13.5. The number of nitrogens with two attached hydrogens (primary N) is 1. The van der Waals surface area contributed by atoms with Crippen LogP contribution < -0.4 is 5.73 Å². The van der Waals surface area contributed by atoms with Crippen LogP contribution in [0.2, 0.25) is 0 Å². The summed E-state index contributed by atoms with van der Waals surface area (Å²) in [5.74, 6) is -1.13. The number of carboxylic acids is 1. The number of carboxylic acid groups (broad SMARTS) is 1. The Balaban J connectivity index is 3.28. The molecule has 0 spiro atoms. The molecule has 0 radical (unpaired) electrons. The first-order chi connectivity index (χ1) is 7.97. The molecule has 0 bridgehead atoms. The maximum Gasteiger partial charge on any atom is 0.354 e. The number of allylic oxidation sites excluding steroid dienone is 4. The maximum absolute atomic E-state index is 10.9. The van der Waals surface area contributed by atoms with Gasteiger partial charge in [-0.2, -0.15) is 5.10 Å². The van der Waals surface area contributed by atoms with Crippen LogP contribution in [0.4, 0.5) is 0 Å². The van der Waals surface area contributed by atoms with Crippen molar-refractivity contribution >= 4 is 39.3 Å². The zero-order chi connectivity index (χ0) is 13.0. The second-order valence-electron chi connectivity index (χ2n) is 2.90. The minimum atomic E-state index is -1.15. The topological polar surface area (TPSA) is 81.1 Å². The summed E-state index contributed by atoms with van der Waals surface area (Å²) in [6.45, 7) is 3.48. The van der Waals surface area contributed by atoms with Gasteiger partial charge in [-0.3, -0.25) is 0 Å². The largest absolute Gasteiger partial charge is 0.477 e. The van der Waals surface area contributed by atoms with Gasteiger partial charge >= 0.3 is 5.97 Å². The minimum absolute atomic E-state index is 0.0212. The molecule has 0 aliphatic heterocycles. The highest BCUT2D eigenvalue weighted by Gasteiger charge is 2.16. The van der Waals surface area contributed by atoms with E-state index in [0.717, 1.165) is 4.68 Å². The highest BCUT2D eigenvalue weighted by molar-refractivity contribution is 9.10. The molecular formula is C10H9BrClN3O2. The molecular weight excluding hydrogens is 309 g/mol. The summed E-state index contributed by atoms with van der Waals surface area (Å²) < 4.78 is 1.40. The van der Waals surface area contributed by atoms with E-state index in [1.54, 1.807) is 6.08 Å². The van der Waals surface area contributed by atoms with Crippen LogP contribution in [-0.4, -0.2) is 20.9 Å². The number of rotatable bonds is 4. The molecule has 0 unspecified atom stereocenters. The molecule has 0 fully saturated rings. The standard InChI is InChI=1S/C10H9BrClN3O2/c1-2-3-4-6(12)9(13)15-7(10(16)17)5-8(11)14-15/h2-5H,1,13H2,(H,16,17)/b4-3-,9-6-. The number of hydrogen-bond acceptors (Lipinski definition) is 3. The average molecular weight is 319 g/mol. The fourth-order valence-electron chi connectivity index (χ4n) is 1.03. The molecule has 17 heavy (non-hydrogen) atoms. The lowest BCUT2D eigenvalue weighted by atomic mass is 10.4. The molecule has 7 heteroatoms.